The van der Waals surface area contributed by atoms with E-state index in [4.69, 9.17) is 33.2 Å². The molecule has 3 fully saturated rings. The lowest BCUT2D eigenvalue weighted by molar-refractivity contribution is -0.235. The van der Waals surface area contributed by atoms with E-state index in [1.54, 1.807) is 27.7 Å². The summed E-state index contributed by atoms with van der Waals surface area (Å²) in [5.41, 5.74) is 1.62. The van der Waals surface area contributed by atoms with Crippen LogP contribution in [0, 0.1) is 5.92 Å². The van der Waals surface area contributed by atoms with E-state index in [9.17, 15) is 14.4 Å². The van der Waals surface area contributed by atoms with E-state index >= 15 is 0 Å². The van der Waals surface area contributed by atoms with Gasteiger partial charge in [0.15, 0.2) is 30.1 Å². The number of alkyl carbamates (subject to hydrolysis) is 1. The zero-order valence-electron chi connectivity index (χ0n) is 27.8. The minimum atomic E-state index is -1.03. The van der Waals surface area contributed by atoms with Gasteiger partial charge in [0.2, 0.25) is 5.91 Å². The topological polar surface area (TPSA) is 140 Å². The Labute approximate surface area is 275 Å². The van der Waals surface area contributed by atoms with Crippen molar-refractivity contribution in [2.75, 3.05) is 6.61 Å². The average Bonchev–Trinajstić information content (AvgIpc) is 3.64. The summed E-state index contributed by atoms with van der Waals surface area (Å²) in [7, 11) is 0. The molecule has 0 radical (unpaired) electrons. The summed E-state index contributed by atoms with van der Waals surface area (Å²) in [6, 6.07) is 16.4. The van der Waals surface area contributed by atoms with Crippen molar-refractivity contribution in [2.45, 2.75) is 115 Å². The fraction of sp³-hybridized carbons (Fsp3) is 0.571. The van der Waals surface area contributed by atoms with Gasteiger partial charge in [0.25, 0.3) is 0 Å². The van der Waals surface area contributed by atoms with Crippen molar-refractivity contribution in [2.24, 2.45) is 5.92 Å². The summed E-state index contributed by atoms with van der Waals surface area (Å²) in [5.74, 6) is -2.99. The summed E-state index contributed by atoms with van der Waals surface area (Å²) >= 11 is 0. The highest BCUT2D eigenvalue weighted by Gasteiger charge is 2.60. The number of fused-ring (bicyclic) bond motifs is 1. The van der Waals surface area contributed by atoms with Gasteiger partial charge in [-0.2, -0.15) is 0 Å². The second-order valence-electron chi connectivity index (χ2n) is 13.5. The molecule has 12 heteroatoms. The zero-order valence-corrected chi connectivity index (χ0v) is 27.8. The van der Waals surface area contributed by atoms with Gasteiger partial charge in [-0.3, -0.25) is 4.79 Å². The molecule has 2 aromatic rings. The second-order valence-corrected chi connectivity index (χ2v) is 13.5. The third kappa shape index (κ3) is 9.29. The Morgan fingerprint density at radius 1 is 0.830 bits per heavy atom. The molecule has 12 nitrogen and oxygen atoms in total. The first-order valence-corrected chi connectivity index (χ1v) is 16.1. The average molecular weight is 655 g/mol. The zero-order chi connectivity index (χ0) is 33.8. The molecule has 47 heavy (non-hydrogen) atoms. The van der Waals surface area contributed by atoms with E-state index in [0.717, 1.165) is 11.1 Å². The highest BCUT2D eigenvalue weighted by Crippen LogP contribution is 2.42. The number of rotatable bonds is 12. The molecule has 0 aliphatic carbocycles. The van der Waals surface area contributed by atoms with Crippen molar-refractivity contribution >= 4 is 18.0 Å². The molecule has 256 valence electrons. The number of nitrogens with one attached hydrogen (secondary N) is 2. The van der Waals surface area contributed by atoms with Crippen LogP contribution in [-0.4, -0.2) is 78.9 Å². The molecule has 3 heterocycles. The second kappa shape index (κ2) is 14.7. The van der Waals surface area contributed by atoms with E-state index in [-0.39, 0.29) is 32.0 Å². The van der Waals surface area contributed by atoms with Gasteiger partial charge in [0.1, 0.15) is 30.9 Å². The molecule has 0 aromatic heterocycles. The molecule has 0 spiro atoms. The van der Waals surface area contributed by atoms with Crippen LogP contribution in [-0.2, 0) is 55.8 Å². The molecular formula is C35H46N2O10. The quantitative estimate of drug-likeness (QED) is 0.323. The predicted octanol–water partition coefficient (Wildman–Crippen LogP) is 3.99. The normalized spacial score (nSPS) is 27.1. The Kier molecular flexibility index (Phi) is 10.9. The Morgan fingerprint density at radius 3 is 2.11 bits per heavy atom. The van der Waals surface area contributed by atoms with E-state index in [2.05, 4.69) is 10.6 Å². The maximum Gasteiger partial charge on any atom is 0.408 e. The Balaban J connectivity index is 1.30. The summed E-state index contributed by atoms with van der Waals surface area (Å²) in [4.78, 5) is 40.6. The molecule has 2 amide bonds. The van der Waals surface area contributed by atoms with E-state index < -0.39 is 72.3 Å². The number of benzene rings is 2. The Hall–Kier alpha value is -3.55. The highest BCUT2D eigenvalue weighted by molar-refractivity contribution is 5.90. The Morgan fingerprint density at radius 2 is 1.49 bits per heavy atom. The van der Waals surface area contributed by atoms with E-state index in [1.165, 1.54) is 0 Å². The van der Waals surface area contributed by atoms with Crippen molar-refractivity contribution in [1.82, 2.24) is 10.6 Å². The molecule has 0 saturated carbocycles. The van der Waals surface area contributed by atoms with Crippen LogP contribution in [0.4, 0.5) is 4.79 Å². The van der Waals surface area contributed by atoms with Gasteiger partial charge in [-0.05, 0) is 51.2 Å². The van der Waals surface area contributed by atoms with Gasteiger partial charge in [0.05, 0.1) is 6.61 Å². The molecule has 7 unspecified atom stereocenters. The van der Waals surface area contributed by atoms with Crippen LogP contribution < -0.4 is 10.6 Å². The number of ether oxygens (including phenoxy) is 7. The maximum absolute atomic E-state index is 13.9. The molecule has 3 saturated heterocycles. The first kappa shape index (κ1) is 34.8. The number of carbonyl (C=O) groups excluding carboxylic acids is 3. The van der Waals surface area contributed by atoms with Crippen molar-refractivity contribution in [1.29, 1.82) is 0 Å². The van der Waals surface area contributed by atoms with Crippen LogP contribution in [0.25, 0.3) is 0 Å². The molecule has 2 N–H and O–H groups in total. The van der Waals surface area contributed by atoms with Crippen molar-refractivity contribution in [3.8, 4) is 0 Å². The van der Waals surface area contributed by atoms with Crippen molar-refractivity contribution in [3.63, 3.8) is 0 Å². The van der Waals surface area contributed by atoms with Gasteiger partial charge in [0, 0.05) is 6.42 Å². The van der Waals surface area contributed by atoms with Crippen LogP contribution in [0.2, 0.25) is 0 Å². The molecule has 3 aliphatic heterocycles. The molecule has 5 rings (SSSR count). The van der Waals surface area contributed by atoms with Crippen molar-refractivity contribution < 1.29 is 47.5 Å². The molecule has 3 aliphatic rings. The fourth-order valence-corrected chi connectivity index (χ4v) is 5.96. The van der Waals surface area contributed by atoms with Crippen LogP contribution >= 0.6 is 0 Å². The van der Waals surface area contributed by atoms with Gasteiger partial charge in [-0.15, -0.1) is 0 Å². The van der Waals surface area contributed by atoms with E-state index in [0.29, 0.717) is 0 Å². The SMILES string of the molecule is CC(C)CC(NC(=O)C(Cc1ccccc1)NC(=O)OCc1ccccc1)C(=O)OC1C(C2COC(C)(C)O2)OC2OC(C)(C)OC21. The van der Waals surface area contributed by atoms with Crippen molar-refractivity contribution in [3.05, 3.63) is 71.8 Å². The minimum absolute atomic E-state index is 0.0185. The smallest absolute Gasteiger partial charge is 0.408 e. The largest absolute Gasteiger partial charge is 0.455 e. The first-order valence-electron chi connectivity index (χ1n) is 16.1. The van der Waals surface area contributed by atoms with E-state index in [1.807, 2.05) is 74.5 Å². The fourth-order valence-electron chi connectivity index (χ4n) is 5.96. The third-order valence-electron chi connectivity index (χ3n) is 8.09. The lowest BCUT2D eigenvalue weighted by Gasteiger charge is -2.30. The summed E-state index contributed by atoms with van der Waals surface area (Å²) in [6.45, 7) is 11.3. The maximum atomic E-state index is 13.9. The number of hydrogen-bond acceptors (Lipinski definition) is 10. The third-order valence-corrected chi connectivity index (χ3v) is 8.09. The predicted molar refractivity (Wildman–Crippen MR) is 169 cm³/mol. The van der Waals surface area contributed by atoms with Gasteiger partial charge < -0.3 is 43.8 Å². The van der Waals surface area contributed by atoms with Crippen LogP contribution in [0.15, 0.2) is 60.7 Å². The van der Waals surface area contributed by atoms with Gasteiger partial charge >= 0.3 is 12.1 Å². The number of carbonyl (C=O) groups is 3. The number of amides is 2. The summed E-state index contributed by atoms with van der Waals surface area (Å²) < 4.78 is 41.5. The lowest BCUT2D eigenvalue weighted by atomic mass is 10.0. The standard InChI is InChI=1S/C35H46N2O10/c1-21(2)17-25(31(39)43-28-27(26-20-42-34(3,4)45-26)44-32-29(28)46-35(5,6)47-32)36-30(38)24(18-22-13-9-7-10-14-22)37-33(40)41-19-23-15-11-8-12-16-23/h7-16,21,24-29,32H,17-20H2,1-6H3,(H,36,38)(H,37,40). The van der Waals surface area contributed by atoms with Gasteiger partial charge in [-0.25, -0.2) is 9.59 Å². The Bertz CT molecular complexity index is 1370. The summed E-state index contributed by atoms with van der Waals surface area (Å²) in [6.07, 6.45) is -3.95. The highest BCUT2D eigenvalue weighted by atomic mass is 16.8. The molecule has 0 bridgehead atoms. The number of esters is 1. The number of hydrogen-bond donors (Lipinski definition) is 2. The molecule has 7 atom stereocenters. The van der Waals surface area contributed by atoms with Gasteiger partial charge in [-0.1, -0.05) is 74.5 Å². The monoisotopic (exact) mass is 654 g/mol. The van der Waals surface area contributed by atoms with Crippen LogP contribution in [0.1, 0.15) is 59.1 Å². The summed E-state index contributed by atoms with van der Waals surface area (Å²) in [5, 5.41) is 5.53. The lowest BCUT2D eigenvalue weighted by Crippen LogP contribution is -2.54. The van der Waals surface area contributed by atoms with Crippen LogP contribution in [0.3, 0.4) is 0 Å². The molecular weight excluding hydrogens is 608 g/mol. The first-order chi connectivity index (χ1) is 22.3. The minimum Gasteiger partial charge on any atom is -0.455 e. The van der Waals surface area contributed by atoms with Crippen LogP contribution in [0.5, 0.6) is 0 Å². The molecule has 2 aromatic carbocycles.